The molecule has 7 heteroatoms. The minimum atomic E-state index is 0.625. The summed E-state index contributed by atoms with van der Waals surface area (Å²) >= 11 is 0. The third-order valence-electron chi connectivity index (χ3n) is 4.78. The van der Waals surface area contributed by atoms with Gasteiger partial charge in [-0.05, 0) is 12.1 Å². The number of methoxy groups -OCH3 is 1. The largest absolute Gasteiger partial charge is 0.494 e. The Kier molecular flexibility index (Phi) is 3.46. The first-order valence-corrected chi connectivity index (χ1v) is 8.67. The maximum atomic E-state index is 5.68. The molecule has 0 unspecified atom stereocenters. The molecule has 5 rings (SSSR count). The van der Waals surface area contributed by atoms with E-state index in [0.717, 1.165) is 38.9 Å². The fourth-order valence-electron chi connectivity index (χ4n) is 3.46. The molecule has 0 bridgehead atoms. The molecule has 0 atom stereocenters. The zero-order valence-electron chi connectivity index (χ0n) is 15.1. The summed E-state index contributed by atoms with van der Waals surface area (Å²) in [6, 6.07) is 10.2. The van der Waals surface area contributed by atoms with Crippen molar-refractivity contribution in [2.75, 3.05) is 7.11 Å². The van der Waals surface area contributed by atoms with Crippen molar-refractivity contribution in [3.05, 3.63) is 66.9 Å². The first-order chi connectivity index (χ1) is 13.2. The molecule has 0 aliphatic rings. The highest BCUT2D eigenvalue weighted by Crippen LogP contribution is 2.30. The molecule has 134 valence electrons. The van der Waals surface area contributed by atoms with Gasteiger partial charge in [0.15, 0.2) is 0 Å². The lowest BCUT2D eigenvalue weighted by atomic mass is 10.1. The second-order valence-electron chi connectivity index (χ2n) is 6.52. The van der Waals surface area contributed by atoms with Gasteiger partial charge in [-0.3, -0.25) is 9.36 Å². The second kappa shape index (κ2) is 5.98. The van der Waals surface area contributed by atoms with E-state index < -0.39 is 0 Å². The van der Waals surface area contributed by atoms with Crippen molar-refractivity contribution in [1.29, 1.82) is 0 Å². The molecule has 0 aliphatic heterocycles. The van der Waals surface area contributed by atoms with Crippen LogP contribution >= 0.6 is 0 Å². The van der Waals surface area contributed by atoms with Gasteiger partial charge in [-0.15, -0.1) is 0 Å². The monoisotopic (exact) mass is 358 g/mol. The molecule has 7 nitrogen and oxygen atoms in total. The van der Waals surface area contributed by atoms with Gasteiger partial charge in [0, 0.05) is 41.5 Å². The molecule has 0 radical (unpaired) electrons. The van der Waals surface area contributed by atoms with E-state index in [-0.39, 0.29) is 0 Å². The lowest BCUT2D eigenvalue weighted by molar-refractivity contribution is 0.417. The fourth-order valence-corrected chi connectivity index (χ4v) is 3.46. The van der Waals surface area contributed by atoms with Crippen LogP contribution in [0.15, 0.2) is 61.3 Å². The Hall–Kier alpha value is -3.61. The first kappa shape index (κ1) is 15.6. The molecule has 0 amide bonds. The number of ether oxygens (including phenoxy) is 1. The van der Waals surface area contributed by atoms with E-state index in [4.69, 9.17) is 4.74 Å². The Labute approximate surface area is 155 Å². The van der Waals surface area contributed by atoms with Crippen LogP contribution in [0, 0.1) is 0 Å². The van der Waals surface area contributed by atoms with Crippen molar-refractivity contribution in [3.63, 3.8) is 0 Å². The van der Waals surface area contributed by atoms with E-state index in [1.807, 2.05) is 65.4 Å². The van der Waals surface area contributed by atoms with Crippen LogP contribution < -0.4 is 4.74 Å². The number of aromatic nitrogens is 6. The highest BCUT2D eigenvalue weighted by atomic mass is 16.5. The number of hydrogen-bond donors (Lipinski definition) is 0. The van der Waals surface area contributed by atoms with Crippen LogP contribution in [0.2, 0.25) is 0 Å². The van der Waals surface area contributed by atoms with E-state index in [1.165, 1.54) is 0 Å². The predicted molar refractivity (Wildman–Crippen MR) is 103 cm³/mol. The van der Waals surface area contributed by atoms with Gasteiger partial charge >= 0.3 is 0 Å². The summed E-state index contributed by atoms with van der Waals surface area (Å²) in [7, 11) is 3.59. The predicted octanol–water partition coefficient (Wildman–Crippen LogP) is 3.14. The molecular weight excluding hydrogens is 340 g/mol. The van der Waals surface area contributed by atoms with Crippen molar-refractivity contribution < 1.29 is 4.74 Å². The van der Waals surface area contributed by atoms with E-state index in [9.17, 15) is 0 Å². The Morgan fingerprint density at radius 1 is 0.963 bits per heavy atom. The quantitative estimate of drug-likeness (QED) is 0.495. The molecule has 4 heterocycles. The number of pyridine rings is 1. The van der Waals surface area contributed by atoms with Crippen LogP contribution in [0.1, 0.15) is 5.56 Å². The summed E-state index contributed by atoms with van der Waals surface area (Å²) in [5.41, 5.74) is 5.13. The molecule has 5 aromatic rings. The van der Waals surface area contributed by atoms with Gasteiger partial charge in [0.2, 0.25) is 0 Å². The standard InChI is InChI=1S/C20H18N6O/c1-24-11-16(9-21-24)15-7-19(27-2)20-17(10-23-26(20)12-15)13-25-18-6-4-3-5-14(18)8-22-25/h3-12H,13H2,1-2H3. The summed E-state index contributed by atoms with van der Waals surface area (Å²) in [4.78, 5) is 0. The van der Waals surface area contributed by atoms with Crippen molar-refractivity contribution in [2.24, 2.45) is 7.05 Å². The van der Waals surface area contributed by atoms with E-state index >= 15 is 0 Å². The van der Waals surface area contributed by atoms with Gasteiger partial charge < -0.3 is 4.74 Å². The minimum Gasteiger partial charge on any atom is -0.494 e. The Balaban J connectivity index is 1.61. The average molecular weight is 358 g/mol. The van der Waals surface area contributed by atoms with Crippen molar-refractivity contribution in [3.8, 4) is 16.9 Å². The Bertz CT molecular complexity index is 1260. The van der Waals surface area contributed by atoms with Gasteiger partial charge in [0.1, 0.15) is 11.3 Å². The lowest BCUT2D eigenvalue weighted by Gasteiger charge is -2.09. The number of para-hydroxylation sites is 1. The molecule has 0 N–H and O–H groups in total. The van der Waals surface area contributed by atoms with Crippen LogP contribution in [-0.2, 0) is 13.6 Å². The van der Waals surface area contributed by atoms with E-state index in [2.05, 4.69) is 27.4 Å². The van der Waals surface area contributed by atoms with Crippen molar-refractivity contribution >= 4 is 16.4 Å². The fraction of sp³-hybridized carbons (Fsp3) is 0.150. The third-order valence-corrected chi connectivity index (χ3v) is 4.78. The topological polar surface area (TPSA) is 62.2 Å². The third kappa shape index (κ3) is 2.55. The average Bonchev–Trinajstić information content (AvgIpc) is 3.41. The normalized spacial score (nSPS) is 11.5. The zero-order valence-corrected chi connectivity index (χ0v) is 15.1. The number of hydrogen-bond acceptors (Lipinski definition) is 4. The van der Waals surface area contributed by atoms with Gasteiger partial charge in [-0.1, -0.05) is 18.2 Å². The van der Waals surface area contributed by atoms with Gasteiger partial charge in [0.25, 0.3) is 0 Å². The molecule has 0 aliphatic carbocycles. The maximum absolute atomic E-state index is 5.68. The molecule has 0 saturated heterocycles. The summed E-state index contributed by atoms with van der Waals surface area (Å²) in [6.07, 6.45) is 9.57. The SMILES string of the molecule is COc1cc(-c2cnn(C)c2)cn2ncc(Cn3ncc4ccccc43)c12. The van der Waals surface area contributed by atoms with Crippen LogP contribution in [-0.4, -0.2) is 36.3 Å². The zero-order chi connectivity index (χ0) is 18.4. The number of benzene rings is 1. The molecule has 0 spiro atoms. The summed E-state index contributed by atoms with van der Waals surface area (Å²) in [5, 5.41) is 14.4. The van der Waals surface area contributed by atoms with Crippen molar-refractivity contribution in [2.45, 2.75) is 6.54 Å². The van der Waals surface area contributed by atoms with Gasteiger partial charge in [0.05, 0.1) is 37.8 Å². The van der Waals surface area contributed by atoms with E-state index in [0.29, 0.717) is 6.54 Å². The first-order valence-electron chi connectivity index (χ1n) is 8.67. The molecule has 1 aromatic carbocycles. The highest BCUT2D eigenvalue weighted by Gasteiger charge is 2.15. The maximum Gasteiger partial charge on any atom is 0.145 e. The van der Waals surface area contributed by atoms with Crippen LogP contribution in [0.25, 0.3) is 27.5 Å². The van der Waals surface area contributed by atoms with Crippen LogP contribution in [0.5, 0.6) is 5.75 Å². The lowest BCUT2D eigenvalue weighted by Crippen LogP contribution is -2.02. The molecule has 0 fully saturated rings. The molecule has 4 aromatic heterocycles. The summed E-state index contributed by atoms with van der Waals surface area (Å²) in [5.74, 6) is 0.778. The number of nitrogens with zero attached hydrogens (tertiary/aromatic N) is 6. The molecular formula is C20H18N6O. The minimum absolute atomic E-state index is 0.625. The Morgan fingerprint density at radius 2 is 1.85 bits per heavy atom. The van der Waals surface area contributed by atoms with Crippen LogP contribution in [0.4, 0.5) is 0 Å². The van der Waals surface area contributed by atoms with E-state index in [1.54, 1.807) is 11.8 Å². The summed E-state index contributed by atoms with van der Waals surface area (Å²) in [6.45, 7) is 0.625. The smallest absolute Gasteiger partial charge is 0.145 e. The number of fused-ring (bicyclic) bond motifs is 2. The van der Waals surface area contributed by atoms with Crippen LogP contribution in [0.3, 0.4) is 0 Å². The number of aryl methyl sites for hydroxylation is 1. The van der Waals surface area contributed by atoms with Gasteiger partial charge in [-0.25, -0.2) is 4.52 Å². The molecule has 0 saturated carbocycles. The van der Waals surface area contributed by atoms with Gasteiger partial charge in [-0.2, -0.15) is 15.3 Å². The number of rotatable bonds is 4. The highest BCUT2D eigenvalue weighted by molar-refractivity contribution is 5.79. The molecule has 27 heavy (non-hydrogen) atoms. The second-order valence-corrected chi connectivity index (χ2v) is 6.52. The summed E-state index contributed by atoms with van der Waals surface area (Å²) < 4.78 is 11.3. The Morgan fingerprint density at radius 3 is 2.67 bits per heavy atom. The van der Waals surface area contributed by atoms with Crippen molar-refractivity contribution in [1.82, 2.24) is 29.2 Å².